The Morgan fingerprint density at radius 3 is 2.36 bits per heavy atom. The molecule has 28 heavy (non-hydrogen) atoms. The second-order valence-corrected chi connectivity index (χ2v) is 7.91. The van der Waals surface area contributed by atoms with Crippen LogP contribution in [0.2, 0.25) is 5.02 Å². The molecule has 0 aliphatic carbocycles. The van der Waals surface area contributed by atoms with E-state index < -0.39 is 0 Å². The van der Waals surface area contributed by atoms with Gasteiger partial charge in [-0.15, -0.1) is 10.2 Å². The van der Waals surface area contributed by atoms with Crippen LogP contribution in [0.4, 0.5) is 0 Å². The van der Waals surface area contributed by atoms with Gasteiger partial charge in [0.2, 0.25) is 0 Å². The lowest BCUT2D eigenvalue weighted by Crippen LogP contribution is -2.05. The van der Waals surface area contributed by atoms with Crippen molar-refractivity contribution < 1.29 is 0 Å². The van der Waals surface area contributed by atoms with Gasteiger partial charge >= 0.3 is 0 Å². The number of hydrogen-bond acceptors (Lipinski definition) is 3. The summed E-state index contributed by atoms with van der Waals surface area (Å²) < 4.78 is 2.17. The van der Waals surface area contributed by atoms with Crippen molar-refractivity contribution in [1.82, 2.24) is 14.8 Å². The van der Waals surface area contributed by atoms with Gasteiger partial charge in [0.25, 0.3) is 0 Å². The van der Waals surface area contributed by atoms with Crippen LogP contribution < -0.4 is 0 Å². The minimum absolute atomic E-state index is 0.731. The molecule has 0 radical (unpaired) electrons. The van der Waals surface area contributed by atoms with Crippen LogP contribution in [-0.4, -0.2) is 14.8 Å². The molecule has 0 saturated carbocycles. The lowest BCUT2D eigenvalue weighted by atomic mass is 10.1. The lowest BCUT2D eigenvalue weighted by molar-refractivity contribution is 0.841. The molecule has 0 aliphatic heterocycles. The molecular weight excluding hydrogens is 386 g/mol. The largest absolute Gasteiger partial charge is 0.273 e. The standard InChI is InChI=1S/C23H20ClN3S/c1-17-9-5-8-14-21(17)27-22(15-18-10-3-2-4-11-18)25-26-23(27)28-16-19-12-6-7-13-20(19)24/h2-14H,15-16H2,1H3. The van der Waals surface area contributed by atoms with Crippen LogP contribution in [-0.2, 0) is 12.2 Å². The number of rotatable bonds is 6. The first kappa shape index (κ1) is 18.8. The minimum Gasteiger partial charge on any atom is -0.273 e. The molecule has 0 atom stereocenters. The summed E-state index contributed by atoms with van der Waals surface area (Å²) in [4.78, 5) is 0. The third-order valence-corrected chi connectivity index (χ3v) is 5.92. The Morgan fingerprint density at radius 2 is 1.57 bits per heavy atom. The Morgan fingerprint density at radius 1 is 0.857 bits per heavy atom. The first-order valence-corrected chi connectivity index (χ1v) is 10.5. The molecule has 0 fully saturated rings. The van der Waals surface area contributed by atoms with Crippen molar-refractivity contribution in [2.24, 2.45) is 0 Å². The van der Waals surface area contributed by atoms with Crippen LogP contribution in [0.3, 0.4) is 0 Å². The number of benzene rings is 3. The topological polar surface area (TPSA) is 30.7 Å². The fourth-order valence-corrected chi connectivity index (χ4v) is 4.35. The number of para-hydroxylation sites is 1. The molecule has 0 amide bonds. The quantitative estimate of drug-likeness (QED) is 0.362. The van der Waals surface area contributed by atoms with Gasteiger partial charge in [0.15, 0.2) is 5.16 Å². The van der Waals surface area contributed by atoms with E-state index in [2.05, 4.69) is 76.3 Å². The molecule has 1 aromatic heterocycles. The average molecular weight is 406 g/mol. The highest BCUT2D eigenvalue weighted by Crippen LogP contribution is 2.29. The van der Waals surface area contributed by atoms with Crippen molar-refractivity contribution >= 4 is 23.4 Å². The summed E-state index contributed by atoms with van der Waals surface area (Å²) in [6.45, 7) is 2.12. The van der Waals surface area contributed by atoms with E-state index in [1.165, 1.54) is 11.1 Å². The van der Waals surface area contributed by atoms with Crippen molar-refractivity contribution in [3.05, 3.63) is 106 Å². The van der Waals surface area contributed by atoms with Crippen molar-refractivity contribution in [2.75, 3.05) is 0 Å². The van der Waals surface area contributed by atoms with Gasteiger partial charge in [-0.05, 0) is 35.7 Å². The third kappa shape index (κ3) is 4.13. The fraction of sp³-hybridized carbons (Fsp3) is 0.130. The molecule has 4 aromatic rings. The minimum atomic E-state index is 0.731. The van der Waals surface area contributed by atoms with Gasteiger partial charge in [-0.2, -0.15) is 0 Å². The zero-order valence-electron chi connectivity index (χ0n) is 15.5. The molecule has 0 unspecified atom stereocenters. The highest BCUT2D eigenvalue weighted by atomic mass is 35.5. The summed E-state index contributed by atoms with van der Waals surface area (Å²) in [5.41, 5.74) is 4.61. The molecule has 0 N–H and O–H groups in total. The van der Waals surface area contributed by atoms with Gasteiger partial charge in [-0.25, -0.2) is 0 Å². The van der Waals surface area contributed by atoms with E-state index in [1.807, 2.05) is 24.3 Å². The maximum atomic E-state index is 6.33. The number of aromatic nitrogens is 3. The molecule has 0 spiro atoms. The highest BCUT2D eigenvalue weighted by Gasteiger charge is 2.16. The van der Waals surface area contributed by atoms with E-state index in [0.29, 0.717) is 0 Å². The lowest BCUT2D eigenvalue weighted by Gasteiger charge is -2.13. The molecule has 0 bridgehead atoms. The second kappa shape index (κ2) is 8.63. The van der Waals surface area contributed by atoms with E-state index in [-0.39, 0.29) is 0 Å². The molecule has 4 rings (SSSR count). The van der Waals surface area contributed by atoms with Crippen LogP contribution in [0, 0.1) is 6.92 Å². The smallest absolute Gasteiger partial charge is 0.196 e. The number of hydrogen-bond donors (Lipinski definition) is 0. The molecule has 1 heterocycles. The average Bonchev–Trinajstić information content (AvgIpc) is 3.11. The third-order valence-electron chi connectivity index (χ3n) is 4.58. The maximum absolute atomic E-state index is 6.33. The van der Waals surface area contributed by atoms with E-state index in [4.69, 9.17) is 11.6 Å². The van der Waals surface area contributed by atoms with E-state index in [0.717, 1.165) is 39.4 Å². The molecule has 140 valence electrons. The first-order chi connectivity index (χ1) is 13.7. The van der Waals surface area contributed by atoms with E-state index in [1.54, 1.807) is 11.8 Å². The van der Waals surface area contributed by atoms with Crippen molar-refractivity contribution in [3.8, 4) is 5.69 Å². The predicted octanol–water partition coefficient (Wildman–Crippen LogP) is 6.11. The van der Waals surface area contributed by atoms with E-state index in [9.17, 15) is 0 Å². The van der Waals surface area contributed by atoms with Gasteiger partial charge in [0, 0.05) is 17.2 Å². The van der Waals surface area contributed by atoms with Crippen LogP contribution in [0.1, 0.15) is 22.5 Å². The Labute approximate surface area is 174 Å². The summed E-state index contributed by atoms with van der Waals surface area (Å²) in [6.07, 6.45) is 0.731. The van der Waals surface area contributed by atoms with Crippen molar-refractivity contribution in [3.63, 3.8) is 0 Å². The predicted molar refractivity (Wildman–Crippen MR) is 116 cm³/mol. The normalized spacial score (nSPS) is 10.9. The van der Waals surface area contributed by atoms with Gasteiger partial charge in [0.1, 0.15) is 5.82 Å². The highest BCUT2D eigenvalue weighted by molar-refractivity contribution is 7.98. The molecule has 0 saturated heterocycles. The number of thioether (sulfide) groups is 1. The van der Waals surface area contributed by atoms with Crippen LogP contribution in [0.5, 0.6) is 0 Å². The first-order valence-electron chi connectivity index (χ1n) is 9.13. The molecule has 3 aromatic carbocycles. The molecule has 0 aliphatic rings. The Kier molecular flexibility index (Phi) is 5.79. The van der Waals surface area contributed by atoms with Crippen LogP contribution in [0.25, 0.3) is 5.69 Å². The summed E-state index contributed by atoms with van der Waals surface area (Å²) >= 11 is 7.98. The van der Waals surface area contributed by atoms with Gasteiger partial charge < -0.3 is 0 Å². The second-order valence-electron chi connectivity index (χ2n) is 6.56. The fourth-order valence-electron chi connectivity index (χ4n) is 3.10. The van der Waals surface area contributed by atoms with Crippen molar-refractivity contribution in [1.29, 1.82) is 0 Å². The molecule has 3 nitrogen and oxygen atoms in total. The summed E-state index contributed by atoms with van der Waals surface area (Å²) in [5, 5.41) is 10.7. The van der Waals surface area contributed by atoms with E-state index >= 15 is 0 Å². The Balaban J connectivity index is 1.70. The van der Waals surface area contributed by atoms with Gasteiger partial charge in [-0.1, -0.05) is 90.1 Å². The van der Waals surface area contributed by atoms with Crippen molar-refractivity contribution in [2.45, 2.75) is 24.3 Å². The zero-order valence-corrected chi connectivity index (χ0v) is 17.1. The van der Waals surface area contributed by atoms with Gasteiger partial charge in [0.05, 0.1) is 5.69 Å². The summed E-state index contributed by atoms with van der Waals surface area (Å²) in [5.74, 6) is 1.68. The van der Waals surface area contributed by atoms with Crippen LogP contribution >= 0.6 is 23.4 Å². The SMILES string of the molecule is Cc1ccccc1-n1c(Cc2ccccc2)nnc1SCc1ccccc1Cl. The molecular formula is C23H20ClN3S. The maximum Gasteiger partial charge on any atom is 0.196 e. The van der Waals surface area contributed by atoms with Gasteiger partial charge in [-0.3, -0.25) is 4.57 Å². The number of aryl methyl sites for hydroxylation is 1. The monoisotopic (exact) mass is 405 g/mol. The van der Waals surface area contributed by atoms with Crippen LogP contribution in [0.15, 0.2) is 84.0 Å². The Hall–Kier alpha value is -2.56. The molecule has 5 heteroatoms. The number of halogens is 1. The summed E-state index contributed by atoms with van der Waals surface area (Å²) in [6, 6.07) is 26.6. The summed E-state index contributed by atoms with van der Waals surface area (Å²) in [7, 11) is 0. The number of nitrogens with zero attached hydrogens (tertiary/aromatic N) is 3. The zero-order chi connectivity index (χ0) is 19.3. The Bertz CT molecular complexity index is 1080.